The molecule has 0 aromatic heterocycles. The second-order valence-electron chi connectivity index (χ2n) is 5.68. The van der Waals surface area contributed by atoms with Crippen molar-refractivity contribution in [3.63, 3.8) is 0 Å². The Morgan fingerprint density at radius 3 is 2.52 bits per heavy atom. The van der Waals surface area contributed by atoms with Crippen molar-refractivity contribution in [1.29, 1.82) is 0 Å². The van der Waals surface area contributed by atoms with Gasteiger partial charge in [-0.1, -0.05) is 12.1 Å². The van der Waals surface area contributed by atoms with Gasteiger partial charge in [-0.25, -0.2) is 4.39 Å². The molecule has 1 aliphatic rings. The minimum absolute atomic E-state index is 0.0229. The highest BCUT2D eigenvalue weighted by atomic mass is 19.1. The minimum atomic E-state index is -0.260. The largest absolute Gasteiger partial charge is 0.348 e. The molecule has 1 amide bonds. The molecule has 0 spiro atoms. The highest BCUT2D eigenvalue weighted by Gasteiger charge is 2.20. The summed E-state index contributed by atoms with van der Waals surface area (Å²) in [5.41, 5.74) is 0.915. The molecule has 1 aromatic carbocycles. The zero-order valence-corrected chi connectivity index (χ0v) is 12.7. The number of piperidine rings is 1. The van der Waals surface area contributed by atoms with Crippen molar-refractivity contribution < 1.29 is 9.18 Å². The summed E-state index contributed by atoms with van der Waals surface area (Å²) in [6.07, 6.45) is 2.16. The predicted molar refractivity (Wildman–Crippen MR) is 81.5 cm³/mol. The van der Waals surface area contributed by atoms with E-state index in [9.17, 15) is 9.18 Å². The zero-order valence-electron chi connectivity index (χ0n) is 12.7. The lowest BCUT2D eigenvalue weighted by atomic mass is 10.1. The Morgan fingerprint density at radius 1 is 1.33 bits per heavy atom. The molecule has 1 aromatic rings. The first kappa shape index (κ1) is 15.9. The van der Waals surface area contributed by atoms with E-state index in [1.807, 2.05) is 14.0 Å². The lowest BCUT2D eigenvalue weighted by Crippen LogP contribution is -2.45. The number of likely N-dealkylation sites (tertiary alicyclic amines) is 1. The molecule has 5 heteroatoms. The standard InChI is InChI=1S/C16H24FN3O/c1-12(13-3-5-14(17)6-4-13)19-16(21)11-20-9-7-15(18-2)8-10-20/h3-6,12,15,18H,7-11H2,1-2H3,(H,19,21). The molecule has 116 valence electrons. The molecule has 2 rings (SSSR count). The summed E-state index contributed by atoms with van der Waals surface area (Å²) in [5, 5.41) is 6.25. The molecule has 0 aliphatic carbocycles. The third-order valence-electron chi connectivity index (χ3n) is 4.11. The highest BCUT2D eigenvalue weighted by molar-refractivity contribution is 5.78. The van der Waals surface area contributed by atoms with Crippen LogP contribution in [0.2, 0.25) is 0 Å². The summed E-state index contributed by atoms with van der Waals surface area (Å²) in [6, 6.07) is 6.72. The van der Waals surface area contributed by atoms with E-state index in [1.54, 1.807) is 12.1 Å². The van der Waals surface area contributed by atoms with Crippen LogP contribution in [0.5, 0.6) is 0 Å². The number of halogens is 1. The van der Waals surface area contributed by atoms with E-state index in [-0.39, 0.29) is 17.8 Å². The molecule has 0 radical (unpaired) electrons. The van der Waals surface area contributed by atoms with Gasteiger partial charge in [-0.2, -0.15) is 0 Å². The molecule has 21 heavy (non-hydrogen) atoms. The summed E-state index contributed by atoms with van der Waals surface area (Å²) in [4.78, 5) is 14.3. The van der Waals surface area contributed by atoms with Crippen molar-refractivity contribution in [3.8, 4) is 0 Å². The summed E-state index contributed by atoms with van der Waals surface area (Å²) in [5.74, 6) is -0.237. The van der Waals surface area contributed by atoms with Crippen LogP contribution in [-0.2, 0) is 4.79 Å². The molecule has 0 saturated carbocycles. The van der Waals surface area contributed by atoms with Gasteiger partial charge >= 0.3 is 0 Å². The maximum atomic E-state index is 12.9. The Labute approximate surface area is 125 Å². The molecular formula is C16H24FN3O. The number of hydrogen-bond acceptors (Lipinski definition) is 3. The van der Waals surface area contributed by atoms with Crippen LogP contribution in [0.15, 0.2) is 24.3 Å². The van der Waals surface area contributed by atoms with Gasteiger partial charge in [0.1, 0.15) is 5.82 Å². The summed E-state index contributed by atoms with van der Waals surface area (Å²) >= 11 is 0. The van der Waals surface area contributed by atoms with Gasteiger partial charge in [0, 0.05) is 19.1 Å². The Balaban J connectivity index is 1.78. The van der Waals surface area contributed by atoms with Gasteiger partial charge in [-0.05, 0) is 44.5 Å². The van der Waals surface area contributed by atoms with E-state index < -0.39 is 0 Å². The average molecular weight is 293 g/mol. The molecule has 2 N–H and O–H groups in total. The van der Waals surface area contributed by atoms with E-state index in [0.29, 0.717) is 12.6 Å². The Morgan fingerprint density at radius 2 is 1.95 bits per heavy atom. The van der Waals surface area contributed by atoms with Crippen molar-refractivity contribution in [2.75, 3.05) is 26.7 Å². The van der Waals surface area contributed by atoms with Gasteiger partial charge in [0.15, 0.2) is 0 Å². The van der Waals surface area contributed by atoms with Gasteiger partial charge in [0.05, 0.1) is 12.6 Å². The topological polar surface area (TPSA) is 44.4 Å². The molecule has 1 heterocycles. The monoisotopic (exact) mass is 293 g/mol. The predicted octanol–water partition coefficient (Wildman–Crippen LogP) is 1.69. The van der Waals surface area contributed by atoms with E-state index in [4.69, 9.17) is 0 Å². The normalized spacial score (nSPS) is 18.4. The van der Waals surface area contributed by atoms with E-state index in [2.05, 4.69) is 15.5 Å². The second kappa shape index (κ2) is 7.52. The number of rotatable bonds is 5. The molecule has 0 bridgehead atoms. The quantitative estimate of drug-likeness (QED) is 0.868. The van der Waals surface area contributed by atoms with Gasteiger partial charge in [0.25, 0.3) is 0 Å². The Bertz CT molecular complexity index is 455. The van der Waals surface area contributed by atoms with Crippen LogP contribution in [0, 0.1) is 5.82 Å². The molecular weight excluding hydrogens is 269 g/mol. The highest BCUT2D eigenvalue weighted by Crippen LogP contribution is 2.13. The fourth-order valence-electron chi connectivity index (χ4n) is 2.70. The van der Waals surface area contributed by atoms with Crippen molar-refractivity contribution in [2.24, 2.45) is 0 Å². The van der Waals surface area contributed by atoms with Crippen LogP contribution >= 0.6 is 0 Å². The molecule has 1 fully saturated rings. The smallest absolute Gasteiger partial charge is 0.234 e. The molecule has 1 saturated heterocycles. The van der Waals surface area contributed by atoms with Crippen LogP contribution < -0.4 is 10.6 Å². The third-order valence-corrected chi connectivity index (χ3v) is 4.11. The second-order valence-corrected chi connectivity index (χ2v) is 5.68. The lowest BCUT2D eigenvalue weighted by Gasteiger charge is -2.31. The van der Waals surface area contributed by atoms with Crippen molar-refractivity contribution in [3.05, 3.63) is 35.6 Å². The summed E-state index contributed by atoms with van der Waals surface area (Å²) in [6.45, 7) is 4.24. The first-order valence-corrected chi connectivity index (χ1v) is 7.53. The van der Waals surface area contributed by atoms with Gasteiger partial charge < -0.3 is 10.6 Å². The number of benzene rings is 1. The fourth-order valence-corrected chi connectivity index (χ4v) is 2.70. The zero-order chi connectivity index (χ0) is 15.2. The Kier molecular flexibility index (Phi) is 5.70. The van der Waals surface area contributed by atoms with E-state index in [1.165, 1.54) is 12.1 Å². The number of nitrogens with zero attached hydrogens (tertiary/aromatic N) is 1. The van der Waals surface area contributed by atoms with Gasteiger partial charge in [0.2, 0.25) is 5.91 Å². The molecule has 4 nitrogen and oxygen atoms in total. The maximum Gasteiger partial charge on any atom is 0.234 e. The van der Waals surface area contributed by atoms with Crippen LogP contribution in [0.1, 0.15) is 31.4 Å². The van der Waals surface area contributed by atoms with E-state index in [0.717, 1.165) is 31.5 Å². The molecule has 1 unspecified atom stereocenters. The van der Waals surface area contributed by atoms with Crippen LogP contribution in [0.25, 0.3) is 0 Å². The van der Waals surface area contributed by atoms with Crippen molar-refractivity contribution >= 4 is 5.91 Å². The molecule has 1 atom stereocenters. The summed E-state index contributed by atoms with van der Waals surface area (Å²) < 4.78 is 12.9. The lowest BCUT2D eigenvalue weighted by molar-refractivity contribution is -0.123. The first-order valence-electron chi connectivity index (χ1n) is 7.53. The van der Waals surface area contributed by atoms with Crippen LogP contribution in [0.4, 0.5) is 4.39 Å². The van der Waals surface area contributed by atoms with E-state index >= 15 is 0 Å². The summed E-state index contributed by atoms with van der Waals surface area (Å²) in [7, 11) is 1.98. The van der Waals surface area contributed by atoms with Crippen molar-refractivity contribution in [1.82, 2.24) is 15.5 Å². The van der Waals surface area contributed by atoms with Crippen molar-refractivity contribution in [2.45, 2.75) is 31.8 Å². The minimum Gasteiger partial charge on any atom is -0.348 e. The van der Waals surface area contributed by atoms with Gasteiger partial charge in [-0.15, -0.1) is 0 Å². The SMILES string of the molecule is CNC1CCN(CC(=O)NC(C)c2ccc(F)cc2)CC1. The first-order chi connectivity index (χ1) is 10.1. The number of nitrogens with one attached hydrogen (secondary N) is 2. The third kappa shape index (κ3) is 4.79. The Hall–Kier alpha value is -1.46. The number of carbonyl (C=O) groups excluding carboxylic acids is 1. The number of hydrogen-bond donors (Lipinski definition) is 2. The van der Waals surface area contributed by atoms with Gasteiger partial charge in [-0.3, -0.25) is 9.69 Å². The average Bonchev–Trinajstić information content (AvgIpc) is 2.48. The fraction of sp³-hybridized carbons (Fsp3) is 0.562. The molecule has 1 aliphatic heterocycles. The van der Waals surface area contributed by atoms with Crippen LogP contribution in [-0.4, -0.2) is 43.5 Å². The maximum absolute atomic E-state index is 12.9. The number of amides is 1. The number of carbonyl (C=O) groups is 1. The van der Waals surface area contributed by atoms with Crippen LogP contribution in [0.3, 0.4) is 0 Å².